The van der Waals surface area contributed by atoms with E-state index in [0.29, 0.717) is 51.6 Å². The number of nitrogens with zero attached hydrogens (tertiary/aromatic N) is 3. The van der Waals surface area contributed by atoms with Gasteiger partial charge >= 0.3 is 12.0 Å². The topological polar surface area (TPSA) is 84.7 Å². The molecule has 1 unspecified atom stereocenters. The first-order valence-corrected chi connectivity index (χ1v) is 14.0. The highest BCUT2D eigenvalue weighted by Gasteiger charge is 2.23. The molecule has 0 saturated carbocycles. The highest BCUT2D eigenvalue weighted by molar-refractivity contribution is 6.30. The third kappa shape index (κ3) is 6.30. The van der Waals surface area contributed by atoms with Crippen LogP contribution in [-0.2, 0) is 22.6 Å². The molecule has 0 amide bonds. The Morgan fingerprint density at radius 3 is 2.70 bits per heavy atom. The summed E-state index contributed by atoms with van der Waals surface area (Å²) in [7, 11) is 1.32. The molecule has 1 fully saturated rings. The number of imidazole rings is 1. The van der Waals surface area contributed by atoms with Crippen molar-refractivity contribution in [3.05, 3.63) is 101 Å². The van der Waals surface area contributed by atoms with Gasteiger partial charge in [0.1, 0.15) is 12.4 Å². The van der Waals surface area contributed by atoms with Crippen LogP contribution >= 0.6 is 11.6 Å². The summed E-state index contributed by atoms with van der Waals surface area (Å²) in [4.78, 5) is 21.2. The summed E-state index contributed by atoms with van der Waals surface area (Å²) in [5.41, 5.74) is 2.87. The number of rotatable bonds is 9. The SMILES string of the molecule is COC(=O)c1ccc2nc(Oc3ccc(-c4cccc(OCc5ccc(Cl)cc5F)n4)cc3F)n(CC3CCCO3)c2c1. The van der Waals surface area contributed by atoms with E-state index in [4.69, 9.17) is 30.5 Å². The van der Waals surface area contributed by atoms with E-state index in [9.17, 15) is 9.18 Å². The summed E-state index contributed by atoms with van der Waals surface area (Å²) < 4.78 is 53.7. The monoisotopic (exact) mass is 605 g/mol. The van der Waals surface area contributed by atoms with E-state index in [1.54, 1.807) is 59.2 Å². The van der Waals surface area contributed by atoms with Gasteiger partial charge in [0.15, 0.2) is 11.6 Å². The molecule has 3 aromatic carbocycles. The van der Waals surface area contributed by atoms with Crippen LogP contribution in [0.2, 0.25) is 5.02 Å². The minimum Gasteiger partial charge on any atom is -0.473 e. The van der Waals surface area contributed by atoms with Gasteiger partial charge in [0, 0.05) is 28.8 Å². The van der Waals surface area contributed by atoms with Gasteiger partial charge in [0.25, 0.3) is 0 Å². The van der Waals surface area contributed by atoms with Gasteiger partial charge in [-0.25, -0.2) is 18.6 Å². The summed E-state index contributed by atoms with van der Waals surface area (Å²) >= 11 is 5.82. The number of pyridine rings is 1. The highest BCUT2D eigenvalue weighted by atomic mass is 35.5. The van der Waals surface area contributed by atoms with Gasteiger partial charge in [-0.05, 0) is 67.4 Å². The van der Waals surface area contributed by atoms with Crippen LogP contribution in [-0.4, -0.2) is 40.3 Å². The fraction of sp³-hybridized carbons (Fsp3) is 0.219. The zero-order chi connectivity index (χ0) is 29.9. The van der Waals surface area contributed by atoms with Crippen molar-refractivity contribution in [1.82, 2.24) is 14.5 Å². The van der Waals surface area contributed by atoms with Crippen LogP contribution in [0.5, 0.6) is 17.6 Å². The van der Waals surface area contributed by atoms with Crippen LogP contribution in [0.15, 0.2) is 72.8 Å². The van der Waals surface area contributed by atoms with Crippen molar-refractivity contribution in [2.75, 3.05) is 13.7 Å². The van der Waals surface area contributed by atoms with Crippen molar-refractivity contribution in [3.8, 4) is 28.9 Å². The normalized spacial score (nSPS) is 14.7. The molecule has 8 nitrogen and oxygen atoms in total. The van der Waals surface area contributed by atoms with Gasteiger partial charge in [-0.15, -0.1) is 0 Å². The lowest BCUT2D eigenvalue weighted by Gasteiger charge is -2.15. The second-order valence-electron chi connectivity index (χ2n) is 9.97. The largest absolute Gasteiger partial charge is 0.473 e. The molecule has 5 aromatic rings. The predicted octanol–water partition coefficient (Wildman–Crippen LogP) is 7.37. The molecule has 0 N–H and O–H groups in total. The number of aromatic nitrogens is 3. The lowest BCUT2D eigenvalue weighted by atomic mass is 10.1. The van der Waals surface area contributed by atoms with E-state index < -0.39 is 17.6 Å². The predicted molar refractivity (Wildman–Crippen MR) is 155 cm³/mol. The van der Waals surface area contributed by atoms with Crippen molar-refractivity contribution in [1.29, 1.82) is 0 Å². The fourth-order valence-electron chi connectivity index (χ4n) is 4.88. The second-order valence-corrected chi connectivity index (χ2v) is 10.4. The van der Waals surface area contributed by atoms with Crippen molar-refractivity contribution in [2.24, 2.45) is 0 Å². The third-order valence-electron chi connectivity index (χ3n) is 7.09. The Kier molecular flexibility index (Phi) is 8.22. The summed E-state index contributed by atoms with van der Waals surface area (Å²) in [6, 6.07) is 19.0. The molecule has 0 radical (unpaired) electrons. The van der Waals surface area contributed by atoms with Gasteiger partial charge in [-0.1, -0.05) is 23.7 Å². The van der Waals surface area contributed by atoms with Crippen LogP contribution < -0.4 is 9.47 Å². The average Bonchev–Trinajstić information content (AvgIpc) is 3.65. The maximum absolute atomic E-state index is 15.4. The quantitative estimate of drug-likeness (QED) is 0.162. The molecule has 6 rings (SSSR count). The van der Waals surface area contributed by atoms with Gasteiger partial charge in [0.05, 0.1) is 42.0 Å². The van der Waals surface area contributed by atoms with Gasteiger partial charge in [-0.3, -0.25) is 4.57 Å². The summed E-state index contributed by atoms with van der Waals surface area (Å²) in [6.07, 6.45) is 1.74. The number of ether oxygens (including phenoxy) is 4. The Bertz CT molecular complexity index is 1810. The number of hydrogen-bond donors (Lipinski definition) is 0. The number of fused-ring (bicyclic) bond motifs is 1. The number of benzene rings is 3. The standard InChI is InChI=1S/C32H26ClF2N3O5/c1-40-31(39)20-8-11-27-28(15-20)38(17-23-4-3-13-41-23)32(37-27)43-29-12-9-19(14-25(29)35)26-5-2-6-30(36-26)42-18-21-7-10-22(33)16-24(21)34/h2,5-12,14-16,23H,3-4,13,17-18H2,1H3. The third-order valence-corrected chi connectivity index (χ3v) is 7.32. The van der Waals surface area contributed by atoms with Crippen LogP contribution in [0, 0.1) is 11.6 Å². The number of hydrogen-bond acceptors (Lipinski definition) is 7. The molecule has 0 aliphatic carbocycles. The average molecular weight is 606 g/mol. The molecule has 3 heterocycles. The maximum Gasteiger partial charge on any atom is 0.337 e. The summed E-state index contributed by atoms with van der Waals surface area (Å²) in [5.74, 6) is -1.36. The second kappa shape index (κ2) is 12.4. The van der Waals surface area contributed by atoms with Gasteiger partial charge in [-0.2, -0.15) is 4.98 Å². The van der Waals surface area contributed by atoms with Gasteiger partial charge in [0.2, 0.25) is 5.88 Å². The Morgan fingerprint density at radius 1 is 1.05 bits per heavy atom. The molecule has 1 aliphatic heterocycles. The molecular formula is C32H26ClF2N3O5. The lowest BCUT2D eigenvalue weighted by Crippen LogP contribution is -2.15. The van der Waals surface area contributed by atoms with Crippen molar-refractivity contribution in [2.45, 2.75) is 32.1 Å². The molecule has 11 heteroatoms. The number of halogens is 3. The minimum atomic E-state index is -0.625. The summed E-state index contributed by atoms with van der Waals surface area (Å²) in [6.45, 7) is 1.04. The maximum atomic E-state index is 15.4. The zero-order valence-corrected chi connectivity index (χ0v) is 23.8. The number of esters is 1. The van der Waals surface area contributed by atoms with Crippen LogP contribution in [0.4, 0.5) is 8.78 Å². The molecule has 0 spiro atoms. The van der Waals surface area contributed by atoms with E-state index in [0.717, 1.165) is 12.8 Å². The first-order chi connectivity index (χ1) is 20.9. The Morgan fingerprint density at radius 2 is 1.93 bits per heavy atom. The number of carbonyl (C=O) groups is 1. The lowest BCUT2D eigenvalue weighted by molar-refractivity contribution is 0.0601. The Labute approximate surface area is 250 Å². The van der Waals surface area contributed by atoms with Crippen LogP contribution in [0.3, 0.4) is 0 Å². The number of carbonyl (C=O) groups excluding carboxylic acids is 1. The zero-order valence-electron chi connectivity index (χ0n) is 23.1. The van der Waals surface area contributed by atoms with E-state index >= 15 is 4.39 Å². The Balaban J connectivity index is 1.24. The molecule has 0 bridgehead atoms. The van der Waals surface area contributed by atoms with E-state index in [-0.39, 0.29) is 30.4 Å². The first-order valence-electron chi connectivity index (χ1n) is 13.6. The van der Waals surface area contributed by atoms with Crippen LogP contribution in [0.1, 0.15) is 28.8 Å². The van der Waals surface area contributed by atoms with E-state index in [1.807, 2.05) is 0 Å². The van der Waals surface area contributed by atoms with Crippen molar-refractivity contribution in [3.63, 3.8) is 0 Å². The fourth-order valence-corrected chi connectivity index (χ4v) is 5.04. The highest BCUT2D eigenvalue weighted by Crippen LogP contribution is 2.32. The Hall–Kier alpha value is -4.54. The molecule has 220 valence electrons. The first kappa shape index (κ1) is 28.6. The number of methoxy groups -OCH3 is 1. The molecule has 1 atom stereocenters. The molecule has 1 saturated heterocycles. The molecule has 43 heavy (non-hydrogen) atoms. The molecule has 1 aliphatic rings. The van der Waals surface area contributed by atoms with Crippen LogP contribution in [0.25, 0.3) is 22.3 Å². The van der Waals surface area contributed by atoms with Crippen molar-refractivity contribution >= 4 is 28.6 Å². The molecular weight excluding hydrogens is 580 g/mol. The van der Waals surface area contributed by atoms with E-state index in [2.05, 4.69) is 9.97 Å². The smallest absolute Gasteiger partial charge is 0.337 e. The van der Waals surface area contributed by atoms with Gasteiger partial charge < -0.3 is 18.9 Å². The van der Waals surface area contributed by atoms with E-state index in [1.165, 1.54) is 25.3 Å². The minimum absolute atomic E-state index is 0.0357. The summed E-state index contributed by atoms with van der Waals surface area (Å²) in [5, 5.41) is 0.295. The molecule has 2 aromatic heterocycles. The van der Waals surface area contributed by atoms with Crippen molar-refractivity contribution < 1.29 is 32.5 Å².